The minimum absolute atomic E-state index is 0.282. The third kappa shape index (κ3) is 4.20. The fourth-order valence-corrected chi connectivity index (χ4v) is 3.59. The summed E-state index contributed by atoms with van der Waals surface area (Å²) in [6, 6.07) is 7.58. The molecule has 6 heteroatoms. The molecule has 0 saturated heterocycles. The van der Waals surface area contributed by atoms with Crippen molar-refractivity contribution in [3.8, 4) is 17.6 Å². The van der Waals surface area contributed by atoms with Crippen molar-refractivity contribution in [3.05, 3.63) is 45.8 Å². The van der Waals surface area contributed by atoms with Crippen LogP contribution in [0.5, 0.6) is 11.5 Å². The first kappa shape index (κ1) is 18.6. The highest BCUT2D eigenvalue weighted by molar-refractivity contribution is 7.16. The summed E-state index contributed by atoms with van der Waals surface area (Å²) < 4.78 is 10.4. The molecule has 0 unspecified atom stereocenters. The van der Waals surface area contributed by atoms with Gasteiger partial charge in [0.05, 0.1) is 19.8 Å². The van der Waals surface area contributed by atoms with E-state index in [0.717, 1.165) is 22.4 Å². The first-order chi connectivity index (χ1) is 12.0. The zero-order valence-corrected chi connectivity index (χ0v) is 15.5. The van der Waals surface area contributed by atoms with Gasteiger partial charge in [-0.1, -0.05) is 13.0 Å². The number of hydrogen-bond acceptors (Lipinski definition) is 5. The van der Waals surface area contributed by atoms with Crippen LogP contribution >= 0.6 is 11.3 Å². The van der Waals surface area contributed by atoms with Crippen LogP contribution in [0.15, 0.2) is 24.3 Å². The number of carbonyl (C=O) groups is 1. The molecule has 1 amide bonds. The summed E-state index contributed by atoms with van der Waals surface area (Å²) in [6.07, 6.45) is 3.89. The van der Waals surface area contributed by atoms with E-state index in [1.54, 1.807) is 32.4 Å². The molecule has 0 aliphatic rings. The summed E-state index contributed by atoms with van der Waals surface area (Å²) >= 11 is 1.43. The molecule has 0 atom stereocenters. The van der Waals surface area contributed by atoms with Gasteiger partial charge in [0.2, 0.25) is 5.91 Å². The van der Waals surface area contributed by atoms with E-state index in [9.17, 15) is 10.1 Å². The van der Waals surface area contributed by atoms with E-state index in [2.05, 4.69) is 11.4 Å². The van der Waals surface area contributed by atoms with Gasteiger partial charge in [-0.2, -0.15) is 5.26 Å². The Morgan fingerprint density at radius 1 is 1.32 bits per heavy atom. The molecular weight excluding hydrogens is 336 g/mol. The van der Waals surface area contributed by atoms with Gasteiger partial charge < -0.3 is 14.8 Å². The number of aryl methyl sites for hydroxylation is 1. The van der Waals surface area contributed by atoms with Crippen molar-refractivity contribution in [3.63, 3.8) is 0 Å². The topological polar surface area (TPSA) is 71.3 Å². The van der Waals surface area contributed by atoms with E-state index in [1.165, 1.54) is 17.4 Å². The molecule has 2 rings (SSSR count). The van der Waals surface area contributed by atoms with E-state index in [-0.39, 0.29) is 5.91 Å². The zero-order valence-electron chi connectivity index (χ0n) is 14.7. The number of carbonyl (C=O) groups excluding carboxylic acids is 1. The third-order valence-corrected chi connectivity index (χ3v) is 4.81. The van der Waals surface area contributed by atoms with Gasteiger partial charge >= 0.3 is 0 Å². The summed E-state index contributed by atoms with van der Waals surface area (Å²) in [6.45, 7) is 3.96. The van der Waals surface area contributed by atoms with Gasteiger partial charge in [-0.3, -0.25) is 4.79 Å². The number of methoxy groups -OCH3 is 2. The number of hydrogen-bond donors (Lipinski definition) is 1. The van der Waals surface area contributed by atoms with Crippen LogP contribution in [-0.2, 0) is 11.2 Å². The van der Waals surface area contributed by atoms with Gasteiger partial charge in [-0.15, -0.1) is 11.3 Å². The Bertz CT molecular complexity index is 847. The van der Waals surface area contributed by atoms with Gasteiger partial charge in [-0.25, -0.2) is 0 Å². The molecule has 0 aliphatic heterocycles. The lowest BCUT2D eigenvalue weighted by atomic mass is 10.1. The number of amides is 1. The summed E-state index contributed by atoms with van der Waals surface area (Å²) in [5.74, 6) is 0.942. The van der Waals surface area contributed by atoms with Gasteiger partial charge in [-0.05, 0) is 42.7 Å². The summed E-state index contributed by atoms with van der Waals surface area (Å²) in [5, 5.41) is 12.7. The predicted molar refractivity (Wildman–Crippen MR) is 100 cm³/mol. The van der Waals surface area contributed by atoms with E-state index < -0.39 is 0 Å². The zero-order chi connectivity index (χ0) is 18.4. The summed E-state index contributed by atoms with van der Waals surface area (Å²) in [5.41, 5.74) is 2.36. The Balaban J connectivity index is 2.16. The minimum Gasteiger partial charge on any atom is -0.493 e. The van der Waals surface area contributed by atoms with Crippen LogP contribution in [0.2, 0.25) is 0 Å². The molecule has 0 fully saturated rings. The Morgan fingerprint density at radius 3 is 2.64 bits per heavy atom. The fraction of sp³-hybridized carbons (Fsp3) is 0.263. The lowest BCUT2D eigenvalue weighted by molar-refractivity contribution is -0.111. The van der Waals surface area contributed by atoms with Crippen molar-refractivity contribution in [2.75, 3.05) is 19.5 Å². The Labute approximate surface area is 151 Å². The van der Waals surface area contributed by atoms with Gasteiger partial charge in [0.1, 0.15) is 11.1 Å². The van der Waals surface area contributed by atoms with E-state index in [0.29, 0.717) is 22.1 Å². The minimum atomic E-state index is -0.282. The Morgan fingerprint density at radius 2 is 2.04 bits per heavy atom. The van der Waals surface area contributed by atoms with Crippen molar-refractivity contribution < 1.29 is 14.3 Å². The lowest BCUT2D eigenvalue weighted by Gasteiger charge is -2.07. The molecule has 1 heterocycles. The SMILES string of the molecule is CCc1c(C)sc(NC(=O)C=Cc2ccc(OC)c(OC)c2)c1C#N. The molecule has 2 aromatic rings. The van der Waals surface area contributed by atoms with Crippen molar-refractivity contribution in [2.24, 2.45) is 0 Å². The van der Waals surface area contributed by atoms with Crippen LogP contribution < -0.4 is 14.8 Å². The lowest BCUT2D eigenvalue weighted by Crippen LogP contribution is -2.07. The number of nitrogens with zero attached hydrogens (tertiary/aromatic N) is 1. The van der Waals surface area contributed by atoms with E-state index >= 15 is 0 Å². The van der Waals surface area contributed by atoms with Crippen molar-refractivity contribution >= 4 is 28.3 Å². The number of thiophene rings is 1. The van der Waals surface area contributed by atoms with Crippen molar-refractivity contribution in [1.82, 2.24) is 0 Å². The van der Waals surface area contributed by atoms with Crippen LogP contribution in [0.4, 0.5) is 5.00 Å². The molecule has 0 radical (unpaired) electrons. The molecule has 0 bridgehead atoms. The number of rotatable bonds is 6. The molecule has 0 aliphatic carbocycles. The van der Waals surface area contributed by atoms with Crippen LogP contribution in [0.25, 0.3) is 6.08 Å². The number of nitrogens with one attached hydrogen (secondary N) is 1. The maximum absolute atomic E-state index is 12.2. The molecule has 130 valence electrons. The highest BCUT2D eigenvalue weighted by atomic mass is 32.1. The van der Waals surface area contributed by atoms with E-state index in [1.807, 2.05) is 19.9 Å². The molecule has 0 spiro atoms. The predicted octanol–water partition coefficient (Wildman–Crippen LogP) is 4.16. The van der Waals surface area contributed by atoms with Crippen molar-refractivity contribution in [2.45, 2.75) is 20.3 Å². The molecule has 5 nitrogen and oxygen atoms in total. The van der Waals surface area contributed by atoms with Gasteiger partial charge in [0.15, 0.2) is 11.5 Å². The molecular formula is C19H20N2O3S. The quantitative estimate of drug-likeness (QED) is 0.789. The molecule has 25 heavy (non-hydrogen) atoms. The first-order valence-electron chi connectivity index (χ1n) is 7.77. The number of benzene rings is 1. The Kier molecular flexibility index (Phi) is 6.20. The van der Waals surface area contributed by atoms with Crippen LogP contribution in [0.1, 0.15) is 28.5 Å². The highest BCUT2D eigenvalue weighted by Gasteiger charge is 2.15. The van der Waals surface area contributed by atoms with Crippen LogP contribution in [-0.4, -0.2) is 20.1 Å². The smallest absolute Gasteiger partial charge is 0.249 e. The second-order valence-corrected chi connectivity index (χ2v) is 6.47. The van der Waals surface area contributed by atoms with Crippen LogP contribution in [0, 0.1) is 18.3 Å². The number of ether oxygens (including phenoxy) is 2. The Hall–Kier alpha value is -2.78. The second kappa shape index (κ2) is 8.36. The normalized spacial score (nSPS) is 10.5. The highest BCUT2D eigenvalue weighted by Crippen LogP contribution is 2.33. The van der Waals surface area contributed by atoms with E-state index in [4.69, 9.17) is 9.47 Å². The second-order valence-electron chi connectivity index (χ2n) is 5.24. The molecule has 0 saturated carbocycles. The molecule has 1 aromatic carbocycles. The largest absolute Gasteiger partial charge is 0.493 e. The van der Waals surface area contributed by atoms with Gasteiger partial charge in [0.25, 0.3) is 0 Å². The average Bonchev–Trinajstić information content (AvgIpc) is 2.93. The summed E-state index contributed by atoms with van der Waals surface area (Å²) in [7, 11) is 3.13. The maximum Gasteiger partial charge on any atom is 0.249 e. The number of nitriles is 1. The number of anilines is 1. The standard InChI is InChI=1S/C19H20N2O3S/c1-5-14-12(2)25-19(15(14)11-20)21-18(22)9-7-13-6-8-16(23-3)17(10-13)24-4/h6-10H,5H2,1-4H3,(H,21,22). The van der Waals surface area contributed by atoms with Crippen LogP contribution in [0.3, 0.4) is 0 Å². The van der Waals surface area contributed by atoms with Crippen molar-refractivity contribution in [1.29, 1.82) is 5.26 Å². The average molecular weight is 356 g/mol. The summed E-state index contributed by atoms with van der Waals surface area (Å²) in [4.78, 5) is 13.2. The third-order valence-electron chi connectivity index (χ3n) is 3.75. The maximum atomic E-state index is 12.2. The first-order valence-corrected chi connectivity index (χ1v) is 8.59. The fourth-order valence-electron chi connectivity index (χ4n) is 2.49. The molecule has 1 aromatic heterocycles. The monoisotopic (exact) mass is 356 g/mol. The molecule has 1 N–H and O–H groups in total. The van der Waals surface area contributed by atoms with Gasteiger partial charge in [0, 0.05) is 11.0 Å².